The summed E-state index contributed by atoms with van der Waals surface area (Å²) in [6.07, 6.45) is 5.86. The SMILES string of the molecule is CCOc1cc(O[C@@H]2C[C@H]3C(=O)N[C@]4(C(=O)O)C[C@@H]4/C=C\CCCC[C@H](NC(=O)O[C@@H]4CCOC4)CC(=O)N3C2)c2cccc(Cl)c2n1. The fourth-order valence-corrected chi connectivity index (χ4v) is 6.97. The third-order valence-electron chi connectivity index (χ3n) is 9.39. The molecular formula is C34H41ClN4O9. The van der Waals surface area contributed by atoms with E-state index in [1.54, 1.807) is 18.2 Å². The van der Waals surface area contributed by atoms with Crippen molar-refractivity contribution in [2.45, 2.75) is 88.1 Å². The van der Waals surface area contributed by atoms with Crippen molar-refractivity contribution in [2.75, 3.05) is 26.4 Å². The van der Waals surface area contributed by atoms with Gasteiger partial charge in [0.05, 0.1) is 36.9 Å². The quantitative estimate of drug-likeness (QED) is 0.363. The number of aliphatic carboxylic acids is 1. The minimum absolute atomic E-state index is 0.0608. The minimum Gasteiger partial charge on any atom is -0.488 e. The Balaban J connectivity index is 1.26. The van der Waals surface area contributed by atoms with Gasteiger partial charge in [-0.05, 0) is 44.7 Å². The number of hydrogen-bond donors (Lipinski definition) is 3. The average Bonchev–Trinajstić information content (AvgIpc) is 3.33. The van der Waals surface area contributed by atoms with Crippen molar-refractivity contribution >= 4 is 46.4 Å². The summed E-state index contributed by atoms with van der Waals surface area (Å²) >= 11 is 6.46. The second kappa shape index (κ2) is 14.6. The minimum atomic E-state index is -1.43. The molecule has 4 heterocycles. The molecule has 0 bridgehead atoms. The highest BCUT2D eigenvalue weighted by Gasteiger charge is 2.61. The Morgan fingerprint density at radius 3 is 2.85 bits per heavy atom. The zero-order valence-electron chi connectivity index (χ0n) is 26.8. The zero-order valence-corrected chi connectivity index (χ0v) is 27.6. The van der Waals surface area contributed by atoms with Crippen molar-refractivity contribution in [3.63, 3.8) is 0 Å². The number of amides is 3. The second-order valence-electron chi connectivity index (χ2n) is 12.8. The third-order valence-corrected chi connectivity index (χ3v) is 9.69. The number of pyridine rings is 1. The first-order chi connectivity index (χ1) is 23.2. The molecule has 13 nitrogen and oxygen atoms in total. The van der Waals surface area contributed by atoms with Crippen LogP contribution in [-0.4, -0.2) is 95.1 Å². The lowest BCUT2D eigenvalue weighted by Crippen LogP contribution is -2.53. The first kappa shape index (κ1) is 33.8. The van der Waals surface area contributed by atoms with Crippen LogP contribution in [-0.2, 0) is 23.9 Å². The number of fused-ring (bicyclic) bond motifs is 3. The molecule has 3 fully saturated rings. The molecule has 0 radical (unpaired) electrons. The summed E-state index contributed by atoms with van der Waals surface area (Å²) in [4.78, 5) is 59.0. The lowest BCUT2D eigenvalue weighted by Gasteiger charge is -2.27. The molecule has 2 aromatic rings. The fraction of sp³-hybridized carbons (Fsp3) is 0.559. The number of nitrogens with zero attached hydrogens (tertiary/aromatic N) is 2. The summed E-state index contributed by atoms with van der Waals surface area (Å²) in [5.74, 6) is -1.65. The van der Waals surface area contributed by atoms with Gasteiger partial charge in [-0.15, -0.1) is 0 Å². The lowest BCUT2D eigenvalue weighted by molar-refractivity contribution is -0.145. The van der Waals surface area contributed by atoms with Crippen molar-refractivity contribution < 1.29 is 43.2 Å². The molecule has 14 heteroatoms. The Kier molecular flexibility index (Phi) is 10.3. The molecule has 1 aromatic heterocycles. The van der Waals surface area contributed by atoms with Gasteiger partial charge in [0.2, 0.25) is 17.7 Å². The molecule has 1 saturated carbocycles. The number of nitrogens with one attached hydrogen (secondary N) is 2. The number of hydrogen-bond acceptors (Lipinski definition) is 9. The molecule has 1 aromatic carbocycles. The number of aromatic nitrogens is 1. The molecule has 1 aliphatic carbocycles. The normalized spacial score (nSPS) is 29.9. The van der Waals surface area contributed by atoms with Gasteiger partial charge in [0.1, 0.15) is 29.5 Å². The number of carbonyl (C=O) groups excluding carboxylic acids is 3. The standard InChI is InChI=1S/C34H41ClN4O9/c1-2-46-28-16-27(24-10-7-11-25(35)30(24)37-28)47-23-15-26-31(41)38-34(32(42)43)17-20(34)8-5-3-4-6-9-21(14-29(40)39(26)18-23)36-33(44)48-22-12-13-45-19-22/h5,7-8,10-11,16,20-23,26H,2-4,6,9,12-15,17-19H2,1H3,(H,36,44)(H,38,41)(H,42,43)/b8-5-/t20-,21-,22+,23+,26-,34+/m0/s1. The van der Waals surface area contributed by atoms with E-state index in [0.29, 0.717) is 66.6 Å². The molecule has 6 atom stereocenters. The predicted molar refractivity (Wildman–Crippen MR) is 174 cm³/mol. The molecule has 48 heavy (non-hydrogen) atoms. The maximum atomic E-state index is 14.0. The van der Waals surface area contributed by atoms with Gasteiger partial charge >= 0.3 is 12.1 Å². The van der Waals surface area contributed by atoms with Crippen molar-refractivity contribution in [2.24, 2.45) is 5.92 Å². The van der Waals surface area contributed by atoms with Gasteiger partial charge in [0.25, 0.3) is 0 Å². The van der Waals surface area contributed by atoms with E-state index in [1.807, 2.05) is 25.1 Å². The average molecular weight is 685 g/mol. The van der Waals surface area contributed by atoms with Crippen LogP contribution in [0.1, 0.15) is 58.3 Å². The number of carboxylic acids is 1. The van der Waals surface area contributed by atoms with Gasteiger partial charge in [0, 0.05) is 42.7 Å². The molecule has 0 spiro atoms. The third kappa shape index (κ3) is 7.46. The molecule has 0 unspecified atom stereocenters. The summed E-state index contributed by atoms with van der Waals surface area (Å²) < 4.78 is 22.9. The van der Waals surface area contributed by atoms with Crippen LogP contribution in [0.2, 0.25) is 5.02 Å². The van der Waals surface area contributed by atoms with Crippen LogP contribution in [0, 0.1) is 5.92 Å². The van der Waals surface area contributed by atoms with E-state index in [0.717, 1.165) is 12.8 Å². The van der Waals surface area contributed by atoms with E-state index in [4.69, 9.17) is 30.5 Å². The van der Waals surface area contributed by atoms with Crippen LogP contribution in [0.15, 0.2) is 36.4 Å². The number of alkyl carbamates (subject to hydrolysis) is 1. The fourth-order valence-electron chi connectivity index (χ4n) is 6.76. The van der Waals surface area contributed by atoms with Crippen LogP contribution in [0.3, 0.4) is 0 Å². The van der Waals surface area contributed by atoms with Crippen molar-refractivity contribution in [1.29, 1.82) is 0 Å². The number of carboxylic acid groups (broad SMARTS) is 1. The molecule has 3 N–H and O–H groups in total. The molecule has 3 amide bonds. The highest BCUT2D eigenvalue weighted by molar-refractivity contribution is 6.35. The number of rotatable bonds is 7. The Labute approximate surface area is 283 Å². The van der Waals surface area contributed by atoms with Gasteiger partial charge in [-0.2, -0.15) is 0 Å². The topological polar surface area (TPSA) is 166 Å². The van der Waals surface area contributed by atoms with Gasteiger partial charge in [0.15, 0.2) is 0 Å². The Morgan fingerprint density at radius 2 is 2.08 bits per heavy atom. The van der Waals surface area contributed by atoms with Gasteiger partial charge in [-0.3, -0.25) is 9.59 Å². The van der Waals surface area contributed by atoms with Gasteiger partial charge in [-0.25, -0.2) is 14.6 Å². The van der Waals surface area contributed by atoms with Crippen LogP contribution in [0.4, 0.5) is 4.79 Å². The Bertz CT molecular complexity index is 1580. The van der Waals surface area contributed by atoms with Crippen molar-refractivity contribution in [3.8, 4) is 11.6 Å². The van der Waals surface area contributed by atoms with Crippen molar-refractivity contribution in [1.82, 2.24) is 20.5 Å². The molecule has 3 aliphatic heterocycles. The first-order valence-electron chi connectivity index (χ1n) is 16.6. The molecule has 2 saturated heterocycles. The summed E-state index contributed by atoms with van der Waals surface area (Å²) in [7, 11) is 0. The number of allylic oxidation sites excluding steroid dienone is 1. The molecular weight excluding hydrogens is 644 g/mol. The first-order valence-corrected chi connectivity index (χ1v) is 17.0. The number of para-hydroxylation sites is 1. The van der Waals surface area contributed by atoms with E-state index in [9.17, 15) is 24.3 Å². The smallest absolute Gasteiger partial charge is 0.407 e. The van der Waals surface area contributed by atoms with Crippen LogP contribution >= 0.6 is 11.6 Å². The lowest BCUT2D eigenvalue weighted by atomic mass is 10.0. The summed E-state index contributed by atoms with van der Waals surface area (Å²) in [6.45, 7) is 3.12. The van der Waals surface area contributed by atoms with Gasteiger partial charge < -0.3 is 39.6 Å². The monoisotopic (exact) mass is 684 g/mol. The summed E-state index contributed by atoms with van der Waals surface area (Å²) in [5, 5.41) is 16.8. The van der Waals surface area contributed by atoms with E-state index in [1.165, 1.54) is 4.90 Å². The predicted octanol–water partition coefficient (Wildman–Crippen LogP) is 4.00. The van der Waals surface area contributed by atoms with Gasteiger partial charge in [-0.1, -0.05) is 36.2 Å². The van der Waals surface area contributed by atoms with E-state index < -0.39 is 41.7 Å². The highest BCUT2D eigenvalue weighted by atomic mass is 35.5. The van der Waals surface area contributed by atoms with Crippen molar-refractivity contribution in [3.05, 3.63) is 41.4 Å². The largest absolute Gasteiger partial charge is 0.488 e. The maximum Gasteiger partial charge on any atom is 0.407 e. The Morgan fingerprint density at radius 1 is 1.23 bits per heavy atom. The summed E-state index contributed by atoms with van der Waals surface area (Å²) in [6, 6.07) is 5.42. The molecule has 4 aliphatic rings. The number of halogens is 1. The number of ether oxygens (including phenoxy) is 4. The highest BCUT2D eigenvalue weighted by Crippen LogP contribution is 2.45. The Hall–Kier alpha value is -4.10. The molecule has 6 rings (SSSR count). The summed E-state index contributed by atoms with van der Waals surface area (Å²) in [5.41, 5.74) is -0.938. The van der Waals surface area contributed by atoms with Crippen LogP contribution in [0.5, 0.6) is 11.6 Å². The maximum absolute atomic E-state index is 14.0. The zero-order chi connectivity index (χ0) is 33.8. The second-order valence-corrected chi connectivity index (χ2v) is 13.2. The van der Waals surface area contributed by atoms with E-state index >= 15 is 0 Å². The molecule has 258 valence electrons. The van der Waals surface area contributed by atoms with E-state index in [2.05, 4.69) is 15.6 Å². The van der Waals surface area contributed by atoms with Crippen LogP contribution < -0.4 is 20.1 Å². The number of carbonyl (C=O) groups is 4. The van der Waals surface area contributed by atoms with E-state index in [-0.39, 0.29) is 43.7 Å². The van der Waals surface area contributed by atoms with Crippen LogP contribution in [0.25, 0.3) is 10.9 Å². The number of benzene rings is 1.